The van der Waals surface area contributed by atoms with Gasteiger partial charge in [-0.2, -0.15) is 13.2 Å². The first-order valence-electron chi connectivity index (χ1n) is 4.92. The van der Waals surface area contributed by atoms with Crippen LogP contribution in [0.5, 0.6) is 5.75 Å². The summed E-state index contributed by atoms with van der Waals surface area (Å²) in [6.07, 6.45) is -4.06. The topological polar surface area (TPSA) is 29.5 Å². The fourth-order valence-corrected chi connectivity index (χ4v) is 1.38. The SMILES string of the molecule is CCc1ccc(OCCO)cc1C(F)(F)F. The van der Waals surface area contributed by atoms with Gasteiger partial charge in [-0.15, -0.1) is 0 Å². The molecular formula is C11H13F3O2. The number of benzene rings is 1. The highest BCUT2D eigenvalue weighted by Crippen LogP contribution is 2.34. The first-order valence-corrected chi connectivity index (χ1v) is 4.92. The van der Waals surface area contributed by atoms with Gasteiger partial charge >= 0.3 is 6.18 Å². The lowest BCUT2D eigenvalue weighted by Crippen LogP contribution is -2.10. The van der Waals surface area contributed by atoms with E-state index in [-0.39, 0.29) is 24.5 Å². The second kappa shape index (κ2) is 5.21. The Bertz CT molecular complexity index is 348. The molecular weight excluding hydrogens is 221 g/mol. The minimum Gasteiger partial charge on any atom is -0.491 e. The maximum atomic E-state index is 12.6. The minimum absolute atomic E-state index is 0.0111. The summed E-state index contributed by atoms with van der Waals surface area (Å²) in [5, 5.41) is 8.51. The quantitative estimate of drug-likeness (QED) is 0.867. The first kappa shape index (κ1) is 12.8. The molecule has 0 aliphatic heterocycles. The van der Waals surface area contributed by atoms with Crippen LogP contribution in [0.3, 0.4) is 0 Å². The summed E-state index contributed by atoms with van der Waals surface area (Å²) in [5.41, 5.74) is -0.436. The fourth-order valence-electron chi connectivity index (χ4n) is 1.38. The molecule has 0 aromatic heterocycles. The van der Waals surface area contributed by atoms with Crippen LogP contribution in [0.25, 0.3) is 0 Å². The largest absolute Gasteiger partial charge is 0.491 e. The van der Waals surface area contributed by atoms with E-state index in [2.05, 4.69) is 0 Å². The first-order chi connectivity index (χ1) is 7.49. The number of hydrogen-bond acceptors (Lipinski definition) is 2. The molecule has 0 heterocycles. The van der Waals surface area contributed by atoms with Gasteiger partial charge in [0.15, 0.2) is 0 Å². The van der Waals surface area contributed by atoms with Crippen molar-refractivity contribution < 1.29 is 23.0 Å². The summed E-state index contributed by atoms with van der Waals surface area (Å²) in [5.74, 6) is 0.124. The molecule has 90 valence electrons. The average Bonchev–Trinajstić information content (AvgIpc) is 2.24. The lowest BCUT2D eigenvalue weighted by molar-refractivity contribution is -0.138. The van der Waals surface area contributed by atoms with Crippen molar-refractivity contribution in [1.82, 2.24) is 0 Å². The lowest BCUT2D eigenvalue weighted by Gasteiger charge is -2.13. The van der Waals surface area contributed by atoms with Crippen LogP contribution in [0.1, 0.15) is 18.1 Å². The van der Waals surface area contributed by atoms with E-state index in [0.29, 0.717) is 6.42 Å². The van der Waals surface area contributed by atoms with E-state index in [0.717, 1.165) is 6.07 Å². The van der Waals surface area contributed by atoms with Crippen molar-refractivity contribution in [1.29, 1.82) is 0 Å². The molecule has 0 radical (unpaired) electrons. The molecule has 5 heteroatoms. The maximum Gasteiger partial charge on any atom is 0.416 e. The van der Waals surface area contributed by atoms with Crippen molar-refractivity contribution in [3.05, 3.63) is 29.3 Å². The molecule has 16 heavy (non-hydrogen) atoms. The summed E-state index contributed by atoms with van der Waals surface area (Å²) in [6, 6.07) is 3.84. The van der Waals surface area contributed by atoms with Crippen molar-refractivity contribution in [2.75, 3.05) is 13.2 Å². The van der Waals surface area contributed by atoms with E-state index in [4.69, 9.17) is 9.84 Å². The monoisotopic (exact) mass is 234 g/mol. The number of aliphatic hydroxyl groups excluding tert-OH is 1. The predicted octanol–water partition coefficient (Wildman–Crippen LogP) is 2.64. The molecule has 1 rings (SSSR count). The third-order valence-corrected chi connectivity index (χ3v) is 2.13. The molecule has 0 aliphatic rings. The molecule has 2 nitrogen and oxygen atoms in total. The van der Waals surface area contributed by atoms with Gasteiger partial charge in [-0.1, -0.05) is 13.0 Å². The highest BCUT2D eigenvalue weighted by Gasteiger charge is 2.33. The Balaban J connectivity index is 3.02. The summed E-state index contributed by atoms with van der Waals surface area (Å²) in [7, 11) is 0. The van der Waals surface area contributed by atoms with E-state index in [1.807, 2.05) is 0 Å². The molecule has 0 fully saturated rings. The molecule has 0 amide bonds. The summed E-state index contributed by atoms with van der Waals surface area (Å²) < 4.78 is 42.8. The van der Waals surface area contributed by atoms with Crippen LogP contribution in [0.15, 0.2) is 18.2 Å². The van der Waals surface area contributed by atoms with E-state index in [1.165, 1.54) is 12.1 Å². The fraction of sp³-hybridized carbons (Fsp3) is 0.455. The number of ether oxygens (including phenoxy) is 1. The number of aryl methyl sites for hydroxylation is 1. The van der Waals surface area contributed by atoms with E-state index >= 15 is 0 Å². The Morgan fingerprint density at radius 3 is 2.50 bits per heavy atom. The van der Waals surface area contributed by atoms with Crippen LogP contribution < -0.4 is 4.74 Å². The van der Waals surface area contributed by atoms with Crippen molar-refractivity contribution in [3.63, 3.8) is 0 Å². The second-order valence-electron chi connectivity index (χ2n) is 3.24. The van der Waals surface area contributed by atoms with Crippen molar-refractivity contribution in [2.45, 2.75) is 19.5 Å². The molecule has 0 aliphatic carbocycles. The summed E-state index contributed by atoms with van der Waals surface area (Å²) in [4.78, 5) is 0. The molecule has 0 spiro atoms. The predicted molar refractivity (Wildman–Crippen MR) is 53.4 cm³/mol. The van der Waals surface area contributed by atoms with Crippen LogP contribution in [0.4, 0.5) is 13.2 Å². The van der Waals surface area contributed by atoms with Crippen molar-refractivity contribution in [2.24, 2.45) is 0 Å². The molecule has 0 bridgehead atoms. The van der Waals surface area contributed by atoms with Crippen molar-refractivity contribution >= 4 is 0 Å². The Labute approximate surface area is 91.7 Å². The Morgan fingerprint density at radius 2 is 2.00 bits per heavy atom. The van der Waals surface area contributed by atoms with Gasteiger partial charge < -0.3 is 9.84 Å². The Morgan fingerprint density at radius 1 is 1.31 bits per heavy atom. The molecule has 0 unspecified atom stereocenters. The number of alkyl halides is 3. The molecule has 0 atom stereocenters. The third kappa shape index (κ3) is 3.13. The van der Waals surface area contributed by atoms with Crippen LogP contribution in [-0.4, -0.2) is 18.3 Å². The van der Waals surface area contributed by atoms with Gasteiger partial charge in [0.2, 0.25) is 0 Å². The van der Waals surface area contributed by atoms with Gasteiger partial charge in [-0.25, -0.2) is 0 Å². The zero-order chi connectivity index (χ0) is 12.2. The van der Waals surface area contributed by atoms with Crippen LogP contribution >= 0.6 is 0 Å². The van der Waals surface area contributed by atoms with Crippen LogP contribution in [0.2, 0.25) is 0 Å². The summed E-state index contributed by atoms with van der Waals surface area (Å²) >= 11 is 0. The molecule has 1 N–H and O–H groups in total. The number of rotatable bonds is 4. The average molecular weight is 234 g/mol. The zero-order valence-corrected chi connectivity index (χ0v) is 8.84. The molecule has 0 saturated heterocycles. The lowest BCUT2D eigenvalue weighted by atomic mass is 10.0. The van der Waals surface area contributed by atoms with Gasteiger partial charge in [0.1, 0.15) is 12.4 Å². The smallest absolute Gasteiger partial charge is 0.416 e. The number of aliphatic hydroxyl groups is 1. The normalized spacial score (nSPS) is 11.6. The van der Waals surface area contributed by atoms with E-state index in [1.54, 1.807) is 6.92 Å². The maximum absolute atomic E-state index is 12.6. The van der Waals surface area contributed by atoms with Gasteiger partial charge in [0.25, 0.3) is 0 Å². The van der Waals surface area contributed by atoms with Gasteiger partial charge in [0.05, 0.1) is 12.2 Å². The summed E-state index contributed by atoms with van der Waals surface area (Å²) in [6.45, 7) is 1.43. The van der Waals surface area contributed by atoms with Crippen LogP contribution in [0, 0.1) is 0 Å². The Kier molecular flexibility index (Phi) is 4.18. The van der Waals surface area contributed by atoms with E-state index < -0.39 is 11.7 Å². The number of hydrogen-bond donors (Lipinski definition) is 1. The minimum atomic E-state index is -4.37. The molecule has 1 aromatic rings. The van der Waals surface area contributed by atoms with Gasteiger partial charge in [-0.3, -0.25) is 0 Å². The Hall–Kier alpha value is -1.23. The standard InChI is InChI=1S/C11H13F3O2/c1-2-8-3-4-9(16-6-5-15)7-10(8)11(12,13)14/h3-4,7,15H,2,5-6H2,1H3. The van der Waals surface area contributed by atoms with E-state index in [9.17, 15) is 13.2 Å². The highest BCUT2D eigenvalue weighted by atomic mass is 19.4. The second-order valence-corrected chi connectivity index (χ2v) is 3.24. The molecule has 0 saturated carbocycles. The third-order valence-electron chi connectivity index (χ3n) is 2.13. The van der Waals surface area contributed by atoms with Gasteiger partial charge in [-0.05, 0) is 24.1 Å². The van der Waals surface area contributed by atoms with Crippen molar-refractivity contribution in [3.8, 4) is 5.75 Å². The number of halogens is 3. The highest BCUT2D eigenvalue weighted by molar-refractivity contribution is 5.37. The van der Waals surface area contributed by atoms with Crippen LogP contribution in [-0.2, 0) is 12.6 Å². The molecule has 1 aromatic carbocycles. The zero-order valence-electron chi connectivity index (χ0n) is 8.84. The van der Waals surface area contributed by atoms with Gasteiger partial charge in [0, 0.05) is 0 Å².